The lowest BCUT2D eigenvalue weighted by Crippen LogP contribution is -2.14. The highest BCUT2D eigenvalue weighted by Crippen LogP contribution is 2.24. The SMILES string of the molecule is CCCNCc1cc(-c2ccc(C)c(F)c2)ccc1F. The summed E-state index contributed by atoms with van der Waals surface area (Å²) in [5.74, 6) is -0.470. The van der Waals surface area contributed by atoms with Crippen molar-refractivity contribution in [2.75, 3.05) is 6.54 Å². The fraction of sp³-hybridized carbons (Fsp3) is 0.294. The van der Waals surface area contributed by atoms with Gasteiger partial charge in [-0.3, -0.25) is 0 Å². The van der Waals surface area contributed by atoms with Gasteiger partial charge in [-0.15, -0.1) is 0 Å². The monoisotopic (exact) mass is 275 g/mol. The van der Waals surface area contributed by atoms with Crippen molar-refractivity contribution >= 4 is 0 Å². The lowest BCUT2D eigenvalue weighted by molar-refractivity contribution is 0.587. The molecule has 0 aromatic heterocycles. The predicted octanol–water partition coefficient (Wildman–Crippen LogP) is 4.44. The molecule has 20 heavy (non-hydrogen) atoms. The van der Waals surface area contributed by atoms with Crippen molar-refractivity contribution in [1.82, 2.24) is 5.32 Å². The van der Waals surface area contributed by atoms with E-state index < -0.39 is 0 Å². The largest absolute Gasteiger partial charge is 0.313 e. The van der Waals surface area contributed by atoms with E-state index in [1.807, 2.05) is 6.07 Å². The van der Waals surface area contributed by atoms with Gasteiger partial charge in [0.1, 0.15) is 11.6 Å². The predicted molar refractivity (Wildman–Crippen MR) is 78.5 cm³/mol. The van der Waals surface area contributed by atoms with Gasteiger partial charge in [0.15, 0.2) is 0 Å². The summed E-state index contributed by atoms with van der Waals surface area (Å²) in [6.07, 6.45) is 1.00. The van der Waals surface area contributed by atoms with Crippen molar-refractivity contribution < 1.29 is 8.78 Å². The van der Waals surface area contributed by atoms with Crippen molar-refractivity contribution in [2.24, 2.45) is 0 Å². The molecule has 0 aliphatic carbocycles. The summed E-state index contributed by atoms with van der Waals surface area (Å²) in [4.78, 5) is 0. The lowest BCUT2D eigenvalue weighted by atomic mass is 10.0. The van der Waals surface area contributed by atoms with Crippen LogP contribution in [0.5, 0.6) is 0 Å². The summed E-state index contributed by atoms with van der Waals surface area (Å²) in [5.41, 5.74) is 2.82. The molecule has 2 aromatic rings. The fourth-order valence-corrected chi connectivity index (χ4v) is 2.06. The third-order valence-corrected chi connectivity index (χ3v) is 3.29. The molecule has 3 heteroatoms. The smallest absolute Gasteiger partial charge is 0.127 e. The molecule has 0 spiro atoms. The van der Waals surface area contributed by atoms with Crippen molar-refractivity contribution in [1.29, 1.82) is 0 Å². The van der Waals surface area contributed by atoms with E-state index in [9.17, 15) is 8.78 Å². The van der Waals surface area contributed by atoms with Gasteiger partial charge in [0.05, 0.1) is 0 Å². The molecule has 0 unspecified atom stereocenters. The van der Waals surface area contributed by atoms with Gasteiger partial charge < -0.3 is 5.32 Å². The normalized spacial score (nSPS) is 10.8. The average molecular weight is 275 g/mol. The van der Waals surface area contributed by atoms with Crippen LogP contribution in [0.25, 0.3) is 11.1 Å². The summed E-state index contributed by atoms with van der Waals surface area (Å²) in [6, 6.07) is 9.99. The molecule has 106 valence electrons. The minimum Gasteiger partial charge on any atom is -0.313 e. The standard InChI is InChI=1S/C17H19F2N/c1-3-8-20-11-15-9-13(6-7-16(15)18)14-5-4-12(2)17(19)10-14/h4-7,9-10,20H,3,8,11H2,1-2H3. The third-order valence-electron chi connectivity index (χ3n) is 3.29. The van der Waals surface area contributed by atoms with Crippen LogP contribution in [0.4, 0.5) is 8.78 Å². The second-order valence-corrected chi connectivity index (χ2v) is 4.95. The molecule has 1 nitrogen and oxygen atoms in total. The Balaban J connectivity index is 2.27. The number of benzene rings is 2. The van der Waals surface area contributed by atoms with Crippen LogP contribution >= 0.6 is 0 Å². The number of halogens is 2. The topological polar surface area (TPSA) is 12.0 Å². The van der Waals surface area contributed by atoms with Crippen molar-refractivity contribution in [3.05, 3.63) is 59.2 Å². The van der Waals surface area contributed by atoms with Crippen LogP contribution in [-0.4, -0.2) is 6.54 Å². The summed E-state index contributed by atoms with van der Waals surface area (Å²) < 4.78 is 27.3. The Morgan fingerprint density at radius 2 is 1.65 bits per heavy atom. The summed E-state index contributed by atoms with van der Waals surface area (Å²) in [6.45, 7) is 5.13. The first-order valence-electron chi connectivity index (χ1n) is 6.87. The van der Waals surface area contributed by atoms with Crippen molar-refractivity contribution in [2.45, 2.75) is 26.8 Å². The zero-order chi connectivity index (χ0) is 14.5. The van der Waals surface area contributed by atoms with Crippen LogP contribution in [0.1, 0.15) is 24.5 Å². The Hall–Kier alpha value is -1.74. The van der Waals surface area contributed by atoms with Gasteiger partial charge in [-0.25, -0.2) is 8.78 Å². The molecule has 0 amide bonds. The van der Waals surface area contributed by atoms with E-state index >= 15 is 0 Å². The maximum Gasteiger partial charge on any atom is 0.127 e. The van der Waals surface area contributed by atoms with Crippen LogP contribution in [0.3, 0.4) is 0 Å². The molecule has 0 aliphatic heterocycles. The molecular formula is C17H19F2N. The number of nitrogens with one attached hydrogen (secondary N) is 1. The summed E-state index contributed by atoms with van der Waals surface area (Å²) in [5, 5.41) is 3.18. The highest BCUT2D eigenvalue weighted by molar-refractivity contribution is 5.64. The van der Waals surface area contributed by atoms with Gasteiger partial charge >= 0.3 is 0 Å². The quantitative estimate of drug-likeness (QED) is 0.795. The number of hydrogen-bond acceptors (Lipinski definition) is 1. The van der Waals surface area contributed by atoms with Gasteiger partial charge in [0.25, 0.3) is 0 Å². The Morgan fingerprint density at radius 3 is 2.35 bits per heavy atom. The van der Waals surface area contributed by atoms with Gasteiger partial charge in [0, 0.05) is 12.1 Å². The molecular weight excluding hydrogens is 256 g/mol. The van der Waals surface area contributed by atoms with Crippen molar-refractivity contribution in [3.63, 3.8) is 0 Å². The average Bonchev–Trinajstić information content (AvgIpc) is 2.44. The van der Waals surface area contributed by atoms with E-state index in [1.54, 1.807) is 25.1 Å². The van der Waals surface area contributed by atoms with Crippen LogP contribution in [0, 0.1) is 18.6 Å². The molecule has 0 saturated heterocycles. The Kier molecular flexibility index (Phi) is 4.85. The highest BCUT2D eigenvalue weighted by atomic mass is 19.1. The van der Waals surface area contributed by atoms with E-state index in [1.165, 1.54) is 12.1 Å². The van der Waals surface area contributed by atoms with E-state index in [4.69, 9.17) is 0 Å². The molecule has 2 rings (SSSR count). The van der Waals surface area contributed by atoms with Crippen LogP contribution in [0.15, 0.2) is 36.4 Å². The maximum absolute atomic E-state index is 13.7. The van der Waals surface area contributed by atoms with E-state index in [0.29, 0.717) is 17.7 Å². The number of aryl methyl sites for hydroxylation is 1. The van der Waals surface area contributed by atoms with E-state index in [2.05, 4.69) is 12.2 Å². The fourth-order valence-electron chi connectivity index (χ4n) is 2.06. The lowest BCUT2D eigenvalue weighted by Gasteiger charge is -2.09. The first kappa shape index (κ1) is 14.7. The Bertz CT molecular complexity index is 594. The molecule has 2 aromatic carbocycles. The van der Waals surface area contributed by atoms with Gasteiger partial charge in [0.2, 0.25) is 0 Å². The maximum atomic E-state index is 13.7. The third kappa shape index (κ3) is 3.42. The minimum atomic E-state index is -0.238. The molecule has 0 atom stereocenters. The Morgan fingerprint density at radius 1 is 0.950 bits per heavy atom. The van der Waals surface area contributed by atoms with Gasteiger partial charge in [-0.05, 0) is 54.8 Å². The van der Waals surface area contributed by atoms with Gasteiger partial charge in [-0.2, -0.15) is 0 Å². The molecule has 0 aliphatic rings. The zero-order valence-corrected chi connectivity index (χ0v) is 11.8. The second kappa shape index (κ2) is 6.62. The molecule has 1 N–H and O–H groups in total. The summed E-state index contributed by atoms with van der Waals surface area (Å²) in [7, 11) is 0. The first-order chi connectivity index (χ1) is 9.61. The molecule has 0 saturated carbocycles. The first-order valence-corrected chi connectivity index (χ1v) is 6.87. The second-order valence-electron chi connectivity index (χ2n) is 4.95. The highest BCUT2D eigenvalue weighted by Gasteiger charge is 2.07. The number of rotatable bonds is 5. The minimum absolute atomic E-state index is 0.232. The number of hydrogen-bond donors (Lipinski definition) is 1. The van der Waals surface area contributed by atoms with Gasteiger partial charge in [-0.1, -0.05) is 25.1 Å². The van der Waals surface area contributed by atoms with E-state index in [0.717, 1.165) is 24.1 Å². The van der Waals surface area contributed by atoms with Crippen molar-refractivity contribution in [3.8, 4) is 11.1 Å². The Labute approximate surface area is 118 Å². The van der Waals surface area contributed by atoms with E-state index in [-0.39, 0.29) is 11.6 Å². The molecule has 0 fully saturated rings. The van der Waals surface area contributed by atoms with Crippen LogP contribution < -0.4 is 5.32 Å². The molecule has 0 heterocycles. The van der Waals surface area contributed by atoms with Crippen LogP contribution in [-0.2, 0) is 6.54 Å². The molecule has 0 radical (unpaired) electrons. The zero-order valence-electron chi connectivity index (χ0n) is 11.8. The molecule has 0 bridgehead atoms. The summed E-state index contributed by atoms with van der Waals surface area (Å²) >= 11 is 0. The van der Waals surface area contributed by atoms with Crippen LogP contribution in [0.2, 0.25) is 0 Å².